The third-order valence-corrected chi connectivity index (χ3v) is 5.02. The van der Waals surface area contributed by atoms with Gasteiger partial charge in [0.25, 0.3) is 0 Å². The van der Waals surface area contributed by atoms with Crippen molar-refractivity contribution in [1.82, 2.24) is 5.32 Å². The van der Waals surface area contributed by atoms with Gasteiger partial charge in [0.1, 0.15) is 0 Å². The highest BCUT2D eigenvalue weighted by Crippen LogP contribution is 2.65. The molecule has 3 rings (SSSR count). The zero-order chi connectivity index (χ0) is 10.4. The Balaban J connectivity index is 1.49. The molecule has 0 saturated heterocycles. The van der Waals surface area contributed by atoms with Crippen LogP contribution < -0.4 is 5.32 Å². The van der Waals surface area contributed by atoms with Gasteiger partial charge < -0.3 is 5.32 Å². The van der Waals surface area contributed by atoms with Crippen LogP contribution in [-0.2, 0) is 0 Å². The Hall–Kier alpha value is -0.300. The molecule has 3 aliphatic rings. The minimum Gasteiger partial charge on any atom is -0.311 e. The van der Waals surface area contributed by atoms with Crippen LogP contribution in [0.4, 0.5) is 0 Å². The number of allylic oxidation sites excluding steroid dienone is 1. The van der Waals surface area contributed by atoms with E-state index >= 15 is 0 Å². The molecular formula is C14H23N. The number of hydrogen-bond donors (Lipinski definition) is 1. The predicted octanol–water partition coefficient (Wildman–Crippen LogP) is 2.98. The van der Waals surface area contributed by atoms with Crippen LogP contribution >= 0.6 is 0 Å². The highest BCUT2D eigenvalue weighted by Gasteiger charge is 2.64. The van der Waals surface area contributed by atoms with Crippen molar-refractivity contribution in [2.75, 3.05) is 0 Å². The molecule has 1 nitrogen and oxygen atoms in total. The molecule has 0 heterocycles. The Bertz CT molecular complexity index is 244. The quantitative estimate of drug-likeness (QED) is 0.680. The summed E-state index contributed by atoms with van der Waals surface area (Å²) in [5, 5.41) is 3.84. The van der Waals surface area contributed by atoms with Crippen LogP contribution in [0, 0.1) is 23.7 Å². The maximum absolute atomic E-state index is 3.84. The van der Waals surface area contributed by atoms with Gasteiger partial charge in [0, 0.05) is 12.1 Å². The zero-order valence-corrected chi connectivity index (χ0v) is 9.78. The Kier molecular flexibility index (Phi) is 2.39. The number of fused-ring (bicyclic) bond motifs is 5. The second kappa shape index (κ2) is 3.62. The minimum absolute atomic E-state index is 0.693. The molecule has 3 saturated carbocycles. The Morgan fingerprint density at radius 3 is 2.60 bits per heavy atom. The van der Waals surface area contributed by atoms with E-state index in [1.165, 1.54) is 19.3 Å². The molecule has 1 heteroatoms. The molecule has 0 aromatic heterocycles. The average molecular weight is 205 g/mol. The van der Waals surface area contributed by atoms with E-state index in [0.29, 0.717) is 6.04 Å². The molecule has 5 unspecified atom stereocenters. The molecule has 0 aromatic carbocycles. The lowest BCUT2D eigenvalue weighted by Crippen LogP contribution is -2.31. The molecule has 2 bridgehead atoms. The Morgan fingerprint density at radius 2 is 2.00 bits per heavy atom. The molecule has 5 atom stereocenters. The standard InChI is InChI=1S/C14H23N/c1-3-4-5-9(2)15-14-12-10-6-7-11(8-10)13(12)14/h3,9-15H,1,4-8H2,2H3. The van der Waals surface area contributed by atoms with Crippen molar-refractivity contribution in [3.8, 4) is 0 Å². The van der Waals surface area contributed by atoms with E-state index in [1.54, 1.807) is 6.42 Å². The number of rotatable bonds is 5. The van der Waals surface area contributed by atoms with Gasteiger partial charge in [-0.15, -0.1) is 6.58 Å². The van der Waals surface area contributed by atoms with Gasteiger partial charge in [-0.05, 0) is 62.7 Å². The predicted molar refractivity (Wildman–Crippen MR) is 63.6 cm³/mol. The molecular weight excluding hydrogens is 182 g/mol. The van der Waals surface area contributed by atoms with Gasteiger partial charge in [0.15, 0.2) is 0 Å². The third-order valence-electron chi connectivity index (χ3n) is 5.02. The molecule has 84 valence electrons. The van der Waals surface area contributed by atoms with E-state index in [2.05, 4.69) is 18.8 Å². The first kappa shape index (κ1) is 9.89. The van der Waals surface area contributed by atoms with Gasteiger partial charge in [0.2, 0.25) is 0 Å². The van der Waals surface area contributed by atoms with Crippen LogP contribution in [-0.4, -0.2) is 12.1 Å². The smallest absolute Gasteiger partial charge is 0.0138 e. The summed E-state index contributed by atoms with van der Waals surface area (Å²) in [4.78, 5) is 0. The van der Waals surface area contributed by atoms with Crippen LogP contribution in [0.5, 0.6) is 0 Å². The average Bonchev–Trinajstić information content (AvgIpc) is 2.65. The molecule has 3 aliphatic carbocycles. The molecule has 0 radical (unpaired) electrons. The largest absolute Gasteiger partial charge is 0.311 e. The molecule has 3 fully saturated rings. The number of hydrogen-bond acceptors (Lipinski definition) is 1. The van der Waals surface area contributed by atoms with Crippen LogP contribution in [0.15, 0.2) is 12.7 Å². The van der Waals surface area contributed by atoms with Gasteiger partial charge >= 0.3 is 0 Å². The normalized spacial score (nSPS) is 47.7. The van der Waals surface area contributed by atoms with Gasteiger partial charge in [-0.1, -0.05) is 6.08 Å². The van der Waals surface area contributed by atoms with Crippen molar-refractivity contribution in [1.29, 1.82) is 0 Å². The first-order valence-electron chi connectivity index (χ1n) is 6.68. The van der Waals surface area contributed by atoms with E-state index in [4.69, 9.17) is 0 Å². The Morgan fingerprint density at radius 1 is 1.33 bits per heavy atom. The monoisotopic (exact) mass is 205 g/mol. The molecule has 0 spiro atoms. The number of nitrogens with one attached hydrogen (secondary N) is 1. The van der Waals surface area contributed by atoms with Crippen molar-refractivity contribution >= 4 is 0 Å². The maximum Gasteiger partial charge on any atom is 0.0138 e. The fraction of sp³-hybridized carbons (Fsp3) is 0.857. The van der Waals surface area contributed by atoms with Gasteiger partial charge in [0.05, 0.1) is 0 Å². The third kappa shape index (κ3) is 1.56. The second-order valence-corrected chi connectivity index (χ2v) is 5.95. The topological polar surface area (TPSA) is 12.0 Å². The van der Waals surface area contributed by atoms with Crippen molar-refractivity contribution in [3.05, 3.63) is 12.7 Å². The fourth-order valence-corrected chi connectivity index (χ4v) is 4.33. The summed E-state index contributed by atoms with van der Waals surface area (Å²) in [6, 6.07) is 1.59. The van der Waals surface area contributed by atoms with E-state index in [1.807, 2.05) is 6.08 Å². The van der Waals surface area contributed by atoms with Gasteiger partial charge in [-0.2, -0.15) is 0 Å². The van der Waals surface area contributed by atoms with E-state index in [0.717, 1.165) is 36.1 Å². The maximum atomic E-state index is 3.84. The minimum atomic E-state index is 0.693. The van der Waals surface area contributed by atoms with E-state index in [-0.39, 0.29) is 0 Å². The summed E-state index contributed by atoms with van der Waals surface area (Å²) in [5.41, 5.74) is 0. The molecule has 1 N–H and O–H groups in total. The second-order valence-electron chi connectivity index (χ2n) is 5.95. The molecule has 0 aliphatic heterocycles. The Labute approximate surface area is 93.3 Å². The van der Waals surface area contributed by atoms with Gasteiger partial charge in [-0.25, -0.2) is 0 Å². The highest BCUT2D eigenvalue weighted by atomic mass is 15.0. The van der Waals surface area contributed by atoms with Crippen molar-refractivity contribution < 1.29 is 0 Å². The van der Waals surface area contributed by atoms with E-state index in [9.17, 15) is 0 Å². The summed E-state index contributed by atoms with van der Waals surface area (Å²) >= 11 is 0. The van der Waals surface area contributed by atoms with Crippen molar-refractivity contribution in [2.24, 2.45) is 23.7 Å². The van der Waals surface area contributed by atoms with Gasteiger partial charge in [-0.3, -0.25) is 0 Å². The highest BCUT2D eigenvalue weighted by molar-refractivity contribution is 5.17. The lowest BCUT2D eigenvalue weighted by atomic mass is 10.0. The first-order valence-corrected chi connectivity index (χ1v) is 6.68. The lowest BCUT2D eigenvalue weighted by Gasteiger charge is -2.16. The molecule has 0 amide bonds. The molecule has 15 heavy (non-hydrogen) atoms. The summed E-state index contributed by atoms with van der Waals surface area (Å²) < 4.78 is 0. The van der Waals surface area contributed by atoms with Crippen LogP contribution in [0.25, 0.3) is 0 Å². The summed E-state index contributed by atoms with van der Waals surface area (Å²) in [6.07, 6.45) is 9.08. The fourth-order valence-electron chi connectivity index (χ4n) is 4.33. The summed E-state index contributed by atoms with van der Waals surface area (Å²) in [6.45, 7) is 6.12. The SMILES string of the molecule is C=CCCC(C)NC1C2C3CCC(C3)C12. The zero-order valence-electron chi connectivity index (χ0n) is 9.78. The van der Waals surface area contributed by atoms with Crippen LogP contribution in [0.2, 0.25) is 0 Å². The summed E-state index contributed by atoms with van der Waals surface area (Å²) in [5.74, 6) is 4.36. The van der Waals surface area contributed by atoms with E-state index < -0.39 is 0 Å². The van der Waals surface area contributed by atoms with Crippen molar-refractivity contribution in [2.45, 2.75) is 51.1 Å². The van der Waals surface area contributed by atoms with Crippen LogP contribution in [0.1, 0.15) is 39.0 Å². The lowest BCUT2D eigenvalue weighted by molar-refractivity contribution is 0.418. The summed E-state index contributed by atoms with van der Waals surface area (Å²) in [7, 11) is 0. The molecule has 0 aromatic rings. The van der Waals surface area contributed by atoms with Crippen molar-refractivity contribution in [3.63, 3.8) is 0 Å². The first-order chi connectivity index (χ1) is 7.31. The van der Waals surface area contributed by atoms with Crippen LogP contribution in [0.3, 0.4) is 0 Å².